The Morgan fingerprint density at radius 3 is 2.20 bits per heavy atom. The second kappa shape index (κ2) is 11.8. The second-order valence-corrected chi connectivity index (χ2v) is 19.6. The first-order chi connectivity index (χ1) is 22.6. The first kappa shape index (κ1) is 36.4. The van der Waals surface area contributed by atoms with Gasteiger partial charge < -0.3 is 19.9 Å². The Balaban J connectivity index is 1.30. The number of fused-ring (bicyclic) bond motifs is 6. The number of hydrogen-bond acceptors (Lipinski definition) is 6. The van der Waals surface area contributed by atoms with Gasteiger partial charge in [0.15, 0.2) is 0 Å². The van der Waals surface area contributed by atoms with Gasteiger partial charge in [0.05, 0.1) is 17.4 Å². The van der Waals surface area contributed by atoms with Gasteiger partial charge in [-0.2, -0.15) is 0 Å². The van der Waals surface area contributed by atoms with Crippen molar-refractivity contribution in [3.05, 3.63) is 11.1 Å². The SMILES string of the molecule is CC(C)C1C(=O)C[C@]2(NC(=O)OC(C)C3CC3)CC[C@]3(C)C(=C12)CCC1[C@@]2(C)CC[C@H](OC(=O)CC(C)(C)C(=O)O)C(C)(C)C2CC[C@]13C. The number of carbonyl (C=O) groups is 4. The molecular weight excluding hydrogens is 618 g/mol. The highest BCUT2D eigenvalue weighted by Gasteiger charge is 2.69. The largest absolute Gasteiger partial charge is 0.481 e. The van der Waals surface area contributed by atoms with Crippen LogP contribution in [-0.2, 0) is 23.9 Å². The molecular formula is C41H63NO7. The van der Waals surface area contributed by atoms with Gasteiger partial charge in [-0.3, -0.25) is 14.4 Å². The number of ether oxygens (including phenoxy) is 2. The van der Waals surface area contributed by atoms with Gasteiger partial charge in [-0.05, 0) is 130 Å². The Kier molecular flexibility index (Phi) is 8.79. The third-order valence-electron chi connectivity index (χ3n) is 15.6. The van der Waals surface area contributed by atoms with E-state index in [0.29, 0.717) is 24.2 Å². The van der Waals surface area contributed by atoms with Gasteiger partial charge in [-0.15, -0.1) is 0 Å². The summed E-state index contributed by atoms with van der Waals surface area (Å²) in [7, 11) is 0. The van der Waals surface area contributed by atoms with E-state index in [9.17, 15) is 24.3 Å². The van der Waals surface area contributed by atoms with Crippen LogP contribution < -0.4 is 5.32 Å². The predicted octanol–water partition coefficient (Wildman–Crippen LogP) is 8.66. The van der Waals surface area contributed by atoms with Crippen LogP contribution in [0.1, 0.15) is 146 Å². The molecule has 6 aliphatic carbocycles. The Hall–Kier alpha value is -2.38. The van der Waals surface area contributed by atoms with Crippen LogP contribution in [0.25, 0.3) is 0 Å². The van der Waals surface area contributed by atoms with Crippen LogP contribution in [-0.4, -0.2) is 46.7 Å². The molecule has 8 nitrogen and oxygen atoms in total. The Morgan fingerprint density at radius 2 is 1.59 bits per heavy atom. The molecule has 6 rings (SSSR count). The van der Waals surface area contributed by atoms with E-state index in [1.807, 2.05) is 6.92 Å². The standard InChI is InChI=1S/C41H63NO7/c1-23(2)32-27(43)21-41(42-35(47)48-24(3)25-11-12-25)20-19-39(9)26(33(32)41)13-14-29-38(8)17-16-30(49-31(44)22-36(4,5)34(45)46)37(6,7)28(38)15-18-40(29,39)10/h23-25,28-30,32H,11-22H2,1-10H3,(H,42,47)(H,45,46)/t24?,28?,29?,30-,32?,38-,39+,40+,41+/m0/s1. The number of hydrogen-bond donors (Lipinski definition) is 2. The number of rotatable bonds is 8. The highest BCUT2D eigenvalue weighted by molar-refractivity contribution is 5.92. The molecule has 0 bridgehead atoms. The summed E-state index contributed by atoms with van der Waals surface area (Å²) in [4.78, 5) is 52.1. The number of Topliss-reactive ketones (excluding diaryl/α,β-unsaturated/α-hetero) is 1. The number of alkyl carbamates (subject to hydrolysis) is 1. The van der Waals surface area contributed by atoms with E-state index in [1.165, 1.54) is 11.1 Å². The summed E-state index contributed by atoms with van der Waals surface area (Å²) >= 11 is 0. The lowest BCUT2D eigenvalue weighted by Gasteiger charge is -2.70. The Morgan fingerprint density at radius 1 is 0.918 bits per heavy atom. The Labute approximate surface area is 294 Å². The number of aliphatic carboxylic acids is 1. The van der Waals surface area contributed by atoms with Gasteiger partial charge in [-0.25, -0.2) is 4.79 Å². The van der Waals surface area contributed by atoms with Crippen LogP contribution in [0.15, 0.2) is 11.1 Å². The molecule has 5 saturated carbocycles. The van der Waals surface area contributed by atoms with Gasteiger partial charge in [0.25, 0.3) is 0 Å². The predicted molar refractivity (Wildman–Crippen MR) is 187 cm³/mol. The van der Waals surface area contributed by atoms with Gasteiger partial charge >= 0.3 is 18.0 Å². The van der Waals surface area contributed by atoms with Crippen molar-refractivity contribution in [2.75, 3.05) is 0 Å². The zero-order valence-corrected chi connectivity index (χ0v) is 31.9. The van der Waals surface area contributed by atoms with E-state index >= 15 is 0 Å². The highest BCUT2D eigenvalue weighted by Crippen LogP contribution is 2.75. The average molecular weight is 682 g/mol. The number of amides is 1. The van der Waals surface area contributed by atoms with Crippen molar-refractivity contribution in [2.45, 2.75) is 164 Å². The topological polar surface area (TPSA) is 119 Å². The molecule has 9 atom stereocenters. The lowest BCUT2D eigenvalue weighted by molar-refractivity contribution is -0.214. The first-order valence-corrected chi connectivity index (χ1v) is 19.3. The Bertz CT molecular complexity index is 1440. The molecule has 4 unspecified atom stereocenters. The number of esters is 1. The zero-order chi connectivity index (χ0) is 36.1. The fourth-order valence-corrected chi connectivity index (χ4v) is 12.5. The summed E-state index contributed by atoms with van der Waals surface area (Å²) in [6.45, 7) is 21.5. The van der Waals surface area contributed by atoms with Crippen LogP contribution in [0.5, 0.6) is 0 Å². The second-order valence-electron chi connectivity index (χ2n) is 19.6. The summed E-state index contributed by atoms with van der Waals surface area (Å²) in [6.07, 6.45) is 9.19. The van der Waals surface area contributed by atoms with Crippen LogP contribution in [0.4, 0.5) is 4.79 Å². The minimum absolute atomic E-state index is 0.0181. The summed E-state index contributed by atoms with van der Waals surface area (Å²) in [5, 5.41) is 12.9. The third kappa shape index (κ3) is 5.59. The van der Waals surface area contributed by atoms with Crippen molar-refractivity contribution in [2.24, 2.45) is 56.7 Å². The molecule has 0 aromatic heterocycles. The number of carboxylic acid groups (broad SMARTS) is 1. The molecule has 0 spiro atoms. The van der Waals surface area contributed by atoms with Crippen LogP contribution in [0.2, 0.25) is 0 Å². The quantitative estimate of drug-likeness (QED) is 0.194. The summed E-state index contributed by atoms with van der Waals surface area (Å²) in [5.41, 5.74) is 0.547. The lowest BCUT2D eigenvalue weighted by Crippen LogP contribution is -2.65. The van der Waals surface area contributed by atoms with Crippen molar-refractivity contribution >= 4 is 23.8 Å². The molecule has 274 valence electrons. The molecule has 0 aromatic rings. The van der Waals surface area contributed by atoms with Crippen molar-refractivity contribution in [3.8, 4) is 0 Å². The molecule has 0 saturated heterocycles. The lowest BCUT2D eigenvalue weighted by atomic mass is 9.34. The third-order valence-corrected chi connectivity index (χ3v) is 15.6. The average Bonchev–Trinajstić information content (AvgIpc) is 3.78. The first-order valence-electron chi connectivity index (χ1n) is 19.3. The van der Waals surface area contributed by atoms with Gasteiger partial charge in [0, 0.05) is 17.8 Å². The van der Waals surface area contributed by atoms with E-state index in [0.717, 1.165) is 64.2 Å². The molecule has 8 heteroatoms. The molecule has 0 aliphatic heterocycles. The minimum atomic E-state index is -1.16. The summed E-state index contributed by atoms with van der Waals surface area (Å²) in [5.74, 6) is 0.0839. The van der Waals surface area contributed by atoms with E-state index in [1.54, 1.807) is 13.8 Å². The summed E-state index contributed by atoms with van der Waals surface area (Å²) < 4.78 is 12.0. The maximum absolute atomic E-state index is 13.9. The molecule has 5 fully saturated rings. The smallest absolute Gasteiger partial charge is 0.408 e. The van der Waals surface area contributed by atoms with Crippen LogP contribution in [0.3, 0.4) is 0 Å². The van der Waals surface area contributed by atoms with Crippen LogP contribution in [0, 0.1) is 56.7 Å². The molecule has 49 heavy (non-hydrogen) atoms. The number of allylic oxidation sites excluding steroid dienone is 1. The molecule has 6 aliphatic rings. The number of carbonyl (C=O) groups excluding carboxylic acids is 3. The fourth-order valence-electron chi connectivity index (χ4n) is 12.5. The molecule has 1 amide bonds. The fraction of sp³-hybridized carbons (Fsp3) is 0.854. The van der Waals surface area contributed by atoms with E-state index in [-0.39, 0.29) is 64.0 Å². The highest BCUT2D eigenvalue weighted by atomic mass is 16.6. The zero-order valence-electron chi connectivity index (χ0n) is 31.9. The van der Waals surface area contributed by atoms with Crippen molar-refractivity contribution in [3.63, 3.8) is 0 Å². The molecule has 0 heterocycles. The maximum Gasteiger partial charge on any atom is 0.408 e. The van der Waals surface area contributed by atoms with Gasteiger partial charge in [0.2, 0.25) is 0 Å². The normalized spacial score (nSPS) is 40.4. The van der Waals surface area contributed by atoms with Crippen molar-refractivity contribution in [1.82, 2.24) is 5.32 Å². The van der Waals surface area contributed by atoms with Crippen molar-refractivity contribution in [1.29, 1.82) is 0 Å². The number of carboxylic acids is 1. The van der Waals surface area contributed by atoms with E-state index < -0.39 is 22.9 Å². The minimum Gasteiger partial charge on any atom is -0.481 e. The van der Waals surface area contributed by atoms with Gasteiger partial charge in [-0.1, -0.05) is 54.0 Å². The van der Waals surface area contributed by atoms with E-state index in [4.69, 9.17) is 9.47 Å². The van der Waals surface area contributed by atoms with Gasteiger partial charge in [0.1, 0.15) is 18.0 Å². The molecule has 0 radical (unpaired) electrons. The van der Waals surface area contributed by atoms with Crippen molar-refractivity contribution < 1.29 is 33.8 Å². The molecule has 2 N–H and O–H groups in total. The monoisotopic (exact) mass is 681 g/mol. The van der Waals surface area contributed by atoms with E-state index in [2.05, 4.69) is 53.8 Å². The molecule has 0 aromatic carbocycles. The number of nitrogens with one attached hydrogen (secondary N) is 1. The summed E-state index contributed by atoms with van der Waals surface area (Å²) in [6, 6.07) is 0. The maximum atomic E-state index is 13.9. The number of ketones is 1. The van der Waals surface area contributed by atoms with Crippen LogP contribution >= 0.6 is 0 Å².